The van der Waals surface area contributed by atoms with Gasteiger partial charge in [0.05, 0.1) is 13.0 Å². The van der Waals surface area contributed by atoms with E-state index in [2.05, 4.69) is 33.9 Å². The molecule has 2 rings (SSSR count). The lowest BCUT2D eigenvalue weighted by Crippen LogP contribution is -2.32. The van der Waals surface area contributed by atoms with E-state index >= 15 is 0 Å². The molecule has 1 aromatic carbocycles. The predicted molar refractivity (Wildman–Crippen MR) is 78.2 cm³/mol. The highest BCUT2D eigenvalue weighted by molar-refractivity contribution is 7.97. The van der Waals surface area contributed by atoms with Crippen molar-refractivity contribution in [3.05, 3.63) is 24.3 Å². The molecule has 0 spiro atoms. The molecular formula is C14H20N2O2S. The molecule has 0 aliphatic carbocycles. The SMILES string of the molecule is CNc1ccc(SN2CCC(C(=O)OC)CC2)cc1. The second kappa shape index (κ2) is 6.82. The zero-order valence-corrected chi connectivity index (χ0v) is 12.2. The molecule has 5 heteroatoms. The second-order valence-corrected chi connectivity index (χ2v) is 5.76. The van der Waals surface area contributed by atoms with Crippen LogP contribution in [0.1, 0.15) is 12.8 Å². The Morgan fingerprint density at radius 1 is 1.32 bits per heavy atom. The first-order chi connectivity index (χ1) is 9.22. The fraction of sp³-hybridized carbons (Fsp3) is 0.500. The third-order valence-corrected chi connectivity index (χ3v) is 4.47. The zero-order valence-electron chi connectivity index (χ0n) is 11.4. The van der Waals surface area contributed by atoms with Crippen molar-refractivity contribution in [2.24, 2.45) is 5.92 Å². The van der Waals surface area contributed by atoms with Crippen LogP contribution in [0.25, 0.3) is 0 Å². The van der Waals surface area contributed by atoms with Crippen LogP contribution in [0.2, 0.25) is 0 Å². The van der Waals surface area contributed by atoms with Crippen molar-refractivity contribution in [3.8, 4) is 0 Å². The lowest BCUT2D eigenvalue weighted by Gasteiger charge is -2.29. The van der Waals surface area contributed by atoms with Crippen LogP contribution in [0.4, 0.5) is 5.69 Å². The molecule has 0 saturated carbocycles. The Balaban J connectivity index is 1.83. The van der Waals surface area contributed by atoms with Gasteiger partial charge < -0.3 is 10.1 Å². The van der Waals surface area contributed by atoms with Gasteiger partial charge in [-0.1, -0.05) is 0 Å². The molecule has 0 amide bonds. The van der Waals surface area contributed by atoms with Crippen LogP contribution >= 0.6 is 11.9 Å². The molecule has 19 heavy (non-hydrogen) atoms. The van der Waals surface area contributed by atoms with E-state index in [9.17, 15) is 4.79 Å². The number of nitrogens with one attached hydrogen (secondary N) is 1. The van der Waals surface area contributed by atoms with Gasteiger partial charge in [-0.05, 0) is 49.1 Å². The number of ether oxygens (including phenoxy) is 1. The minimum Gasteiger partial charge on any atom is -0.469 e. The average Bonchev–Trinajstić information content (AvgIpc) is 2.48. The molecule has 0 aromatic heterocycles. The molecule has 1 aliphatic heterocycles. The molecule has 1 fully saturated rings. The number of benzene rings is 1. The summed E-state index contributed by atoms with van der Waals surface area (Å²) in [6.45, 7) is 1.86. The van der Waals surface area contributed by atoms with E-state index in [0.717, 1.165) is 31.6 Å². The van der Waals surface area contributed by atoms with Crippen molar-refractivity contribution in [1.82, 2.24) is 4.31 Å². The third-order valence-electron chi connectivity index (χ3n) is 3.37. The van der Waals surface area contributed by atoms with Gasteiger partial charge in [0.25, 0.3) is 0 Å². The van der Waals surface area contributed by atoms with Crippen molar-refractivity contribution >= 4 is 23.6 Å². The summed E-state index contributed by atoms with van der Waals surface area (Å²) in [4.78, 5) is 12.7. The summed E-state index contributed by atoms with van der Waals surface area (Å²) >= 11 is 1.76. The van der Waals surface area contributed by atoms with E-state index in [1.807, 2.05) is 7.05 Å². The summed E-state index contributed by atoms with van der Waals surface area (Å²) in [7, 11) is 3.38. The van der Waals surface area contributed by atoms with Gasteiger partial charge >= 0.3 is 5.97 Å². The molecule has 1 heterocycles. The fourth-order valence-corrected chi connectivity index (χ4v) is 3.13. The maximum atomic E-state index is 11.4. The largest absolute Gasteiger partial charge is 0.469 e. The smallest absolute Gasteiger partial charge is 0.308 e. The second-order valence-electron chi connectivity index (χ2n) is 4.59. The standard InChI is InChI=1S/C14H20N2O2S/c1-15-12-3-5-13(6-4-12)19-16-9-7-11(8-10-16)14(17)18-2/h3-6,11,15H,7-10H2,1-2H3. The molecule has 0 atom stereocenters. The first kappa shape index (κ1) is 14.2. The van der Waals surface area contributed by atoms with E-state index in [0.29, 0.717) is 0 Å². The topological polar surface area (TPSA) is 41.6 Å². The molecule has 4 nitrogen and oxygen atoms in total. The number of esters is 1. The minimum atomic E-state index is -0.0666. The Hall–Kier alpha value is -1.20. The van der Waals surface area contributed by atoms with Gasteiger partial charge in [0.2, 0.25) is 0 Å². The number of nitrogens with zero attached hydrogens (tertiary/aromatic N) is 1. The number of rotatable bonds is 4. The lowest BCUT2D eigenvalue weighted by atomic mass is 9.99. The highest BCUT2D eigenvalue weighted by Gasteiger charge is 2.25. The van der Waals surface area contributed by atoms with E-state index in [4.69, 9.17) is 4.74 Å². The van der Waals surface area contributed by atoms with Crippen molar-refractivity contribution in [3.63, 3.8) is 0 Å². The molecule has 1 N–H and O–H groups in total. The van der Waals surface area contributed by atoms with Crippen LogP contribution in [0.5, 0.6) is 0 Å². The van der Waals surface area contributed by atoms with Crippen molar-refractivity contribution in [1.29, 1.82) is 0 Å². The van der Waals surface area contributed by atoms with Crippen molar-refractivity contribution < 1.29 is 9.53 Å². The first-order valence-corrected chi connectivity index (χ1v) is 7.29. The maximum absolute atomic E-state index is 11.4. The van der Waals surface area contributed by atoms with E-state index in [-0.39, 0.29) is 11.9 Å². The summed E-state index contributed by atoms with van der Waals surface area (Å²) in [6.07, 6.45) is 1.77. The van der Waals surface area contributed by atoms with Gasteiger partial charge in [0.1, 0.15) is 0 Å². The Labute approximate surface area is 118 Å². The Kier molecular flexibility index (Phi) is 5.10. The highest BCUT2D eigenvalue weighted by Crippen LogP contribution is 2.29. The number of methoxy groups -OCH3 is 1. The van der Waals surface area contributed by atoms with Crippen LogP contribution in [0.3, 0.4) is 0 Å². The number of piperidine rings is 1. The van der Waals surface area contributed by atoms with Crippen LogP contribution in [-0.2, 0) is 9.53 Å². The number of carbonyl (C=O) groups is 1. The lowest BCUT2D eigenvalue weighted by molar-refractivity contribution is -0.146. The number of hydrogen-bond donors (Lipinski definition) is 1. The fourth-order valence-electron chi connectivity index (χ4n) is 2.18. The Morgan fingerprint density at radius 2 is 1.95 bits per heavy atom. The van der Waals surface area contributed by atoms with E-state index < -0.39 is 0 Å². The van der Waals surface area contributed by atoms with Gasteiger partial charge in [-0.2, -0.15) is 0 Å². The normalized spacial score (nSPS) is 17.2. The quantitative estimate of drug-likeness (QED) is 0.678. The van der Waals surface area contributed by atoms with Crippen LogP contribution in [0.15, 0.2) is 29.2 Å². The Bertz CT molecular complexity index is 414. The summed E-state index contributed by atoms with van der Waals surface area (Å²) in [6, 6.07) is 8.37. The number of hydrogen-bond acceptors (Lipinski definition) is 5. The van der Waals surface area contributed by atoms with Gasteiger partial charge in [0.15, 0.2) is 0 Å². The molecule has 1 aliphatic rings. The maximum Gasteiger partial charge on any atom is 0.308 e. The van der Waals surface area contributed by atoms with Gasteiger partial charge in [-0.15, -0.1) is 0 Å². The summed E-state index contributed by atoms with van der Waals surface area (Å²) in [5.41, 5.74) is 1.12. The summed E-state index contributed by atoms with van der Waals surface area (Å²) < 4.78 is 7.11. The summed E-state index contributed by atoms with van der Waals surface area (Å²) in [5.74, 6) is 0.0107. The van der Waals surface area contributed by atoms with Crippen LogP contribution in [0, 0.1) is 5.92 Å². The third kappa shape index (κ3) is 3.88. The summed E-state index contributed by atoms with van der Waals surface area (Å²) in [5, 5.41) is 3.11. The monoisotopic (exact) mass is 280 g/mol. The molecule has 104 valence electrons. The Morgan fingerprint density at radius 3 is 2.47 bits per heavy atom. The van der Waals surface area contributed by atoms with Crippen LogP contribution in [-0.4, -0.2) is 37.5 Å². The molecule has 0 unspecified atom stereocenters. The van der Waals surface area contributed by atoms with Gasteiger partial charge in [-0.25, -0.2) is 4.31 Å². The van der Waals surface area contributed by atoms with Crippen LogP contribution < -0.4 is 5.32 Å². The van der Waals surface area contributed by atoms with Crippen molar-refractivity contribution in [2.75, 3.05) is 32.6 Å². The minimum absolute atomic E-state index is 0.0666. The highest BCUT2D eigenvalue weighted by atomic mass is 32.2. The van der Waals surface area contributed by atoms with E-state index in [1.165, 1.54) is 12.0 Å². The van der Waals surface area contributed by atoms with Gasteiger partial charge in [0, 0.05) is 30.7 Å². The first-order valence-electron chi connectivity index (χ1n) is 6.51. The predicted octanol–water partition coefficient (Wildman–Crippen LogP) is 2.62. The molecule has 0 radical (unpaired) electrons. The van der Waals surface area contributed by atoms with Gasteiger partial charge in [-0.3, -0.25) is 4.79 Å². The number of anilines is 1. The zero-order chi connectivity index (χ0) is 13.7. The average molecular weight is 280 g/mol. The van der Waals surface area contributed by atoms with Crippen molar-refractivity contribution in [2.45, 2.75) is 17.7 Å². The number of carbonyl (C=O) groups excluding carboxylic acids is 1. The molecule has 1 aromatic rings. The molecular weight excluding hydrogens is 260 g/mol. The molecule has 1 saturated heterocycles. The van der Waals surface area contributed by atoms with E-state index in [1.54, 1.807) is 11.9 Å². The molecule has 0 bridgehead atoms.